The standard InChI is InChI=1S/C23H27N3O3S/c1-14-4-5-17-18(11-24)23(30-21(17)8-14)25-22(27)13-26-7-6-15-9-19(28-2)20(29-3)10-16(15)12-26/h9-10,14H,4-8,12-13H2,1-3H3,(H,25,27)/t14-/m1/s1. The minimum absolute atomic E-state index is 0.0675. The number of nitrogens with zero attached hydrogens (tertiary/aromatic N) is 2. The van der Waals surface area contributed by atoms with Crippen LogP contribution in [0.4, 0.5) is 5.00 Å². The fourth-order valence-corrected chi connectivity index (χ4v) is 5.78. The van der Waals surface area contributed by atoms with Gasteiger partial charge in [-0.15, -0.1) is 11.3 Å². The molecule has 1 aromatic carbocycles. The Morgan fingerprint density at radius 2 is 2.00 bits per heavy atom. The number of carbonyl (C=O) groups is 1. The fraction of sp³-hybridized carbons (Fsp3) is 0.478. The Labute approximate surface area is 181 Å². The van der Waals surface area contributed by atoms with Crippen LogP contribution >= 0.6 is 11.3 Å². The van der Waals surface area contributed by atoms with Crippen LogP contribution in [0.5, 0.6) is 11.5 Å². The van der Waals surface area contributed by atoms with Gasteiger partial charge in [-0.05, 0) is 60.4 Å². The lowest BCUT2D eigenvalue weighted by atomic mass is 9.89. The van der Waals surface area contributed by atoms with E-state index in [1.165, 1.54) is 10.4 Å². The van der Waals surface area contributed by atoms with Crippen LogP contribution in [0.15, 0.2) is 12.1 Å². The molecule has 0 radical (unpaired) electrons. The molecule has 1 atom stereocenters. The summed E-state index contributed by atoms with van der Waals surface area (Å²) in [5.74, 6) is 2.01. The molecule has 0 bridgehead atoms. The molecule has 0 unspecified atom stereocenters. The van der Waals surface area contributed by atoms with Crippen LogP contribution in [-0.2, 0) is 30.6 Å². The summed E-state index contributed by atoms with van der Waals surface area (Å²) in [6.45, 7) is 4.04. The van der Waals surface area contributed by atoms with Gasteiger partial charge in [0.15, 0.2) is 11.5 Å². The van der Waals surface area contributed by atoms with Crippen molar-refractivity contribution in [2.45, 2.75) is 39.2 Å². The van der Waals surface area contributed by atoms with Gasteiger partial charge in [0, 0.05) is 18.0 Å². The second-order valence-corrected chi connectivity index (χ2v) is 9.26. The SMILES string of the molecule is COc1cc2c(cc1OC)CN(CC(=O)Nc1sc3c(c1C#N)CC[C@@H](C)C3)CC2. The number of nitriles is 1. The Balaban J connectivity index is 1.44. The first kappa shape index (κ1) is 20.7. The van der Waals surface area contributed by atoms with E-state index in [1.54, 1.807) is 25.6 Å². The van der Waals surface area contributed by atoms with Gasteiger partial charge in [0.2, 0.25) is 5.91 Å². The lowest BCUT2D eigenvalue weighted by molar-refractivity contribution is -0.117. The van der Waals surface area contributed by atoms with Gasteiger partial charge in [0.25, 0.3) is 0 Å². The molecule has 7 heteroatoms. The fourth-order valence-electron chi connectivity index (χ4n) is 4.40. The molecule has 0 saturated heterocycles. The van der Waals surface area contributed by atoms with Crippen molar-refractivity contribution in [2.75, 3.05) is 32.6 Å². The second-order valence-electron chi connectivity index (χ2n) is 8.15. The molecule has 4 rings (SSSR count). The number of nitrogens with one attached hydrogen (secondary N) is 1. The summed E-state index contributed by atoms with van der Waals surface area (Å²) in [6.07, 6.45) is 3.89. The molecule has 1 aliphatic heterocycles. The summed E-state index contributed by atoms with van der Waals surface area (Å²) in [4.78, 5) is 16.1. The van der Waals surface area contributed by atoms with Crippen LogP contribution in [0.2, 0.25) is 0 Å². The quantitative estimate of drug-likeness (QED) is 0.790. The highest BCUT2D eigenvalue weighted by molar-refractivity contribution is 7.16. The highest BCUT2D eigenvalue weighted by Crippen LogP contribution is 2.39. The van der Waals surface area contributed by atoms with Crippen LogP contribution in [0.1, 0.15) is 40.5 Å². The number of fused-ring (bicyclic) bond motifs is 2. The molecule has 1 N–H and O–H groups in total. The minimum atomic E-state index is -0.0675. The van der Waals surface area contributed by atoms with Crippen LogP contribution in [0, 0.1) is 17.2 Å². The first-order valence-corrected chi connectivity index (χ1v) is 11.1. The van der Waals surface area contributed by atoms with Gasteiger partial charge in [0.1, 0.15) is 11.1 Å². The van der Waals surface area contributed by atoms with Gasteiger partial charge in [-0.2, -0.15) is 5.26 Å². The molecule has 0 spiro atoms. The molecule has 158 valence electrons. The first-order valence-electron chi connectivity index (χ1n) is 10.3. The van der Waals surface area contributed by atoms with Gasteiger partial charge < -0.3 is 14.8 Å². The van der Waals surface area contributed by atoms with E-state index in [9.17, 15) is 10.1 Å². The predicted octanol–water partition coefficient (Wildman–Crippen LogP) is 3.76. The number of hydrogen-bond acceptors (Lipinski definition) is 6. The predicted molar refractivity (Wildman–Crippen MR) is 117 cm³/mol. The average molecular weight is 426 g/mol. The number of anilines is 1. The molecular weight excluding hydrogens is 398 g/mol. The number of ether oxygens (including phenoxy) is 2. The van der Waals surface area contributed by atoms with E-state index >= 15 is 0 Å². The zero-order valence-corrected chi connectivity index (χ0v) is 18.5. The molecule has 1 aliphatic carbocycles. The summed E-state index contributed by atoms with van der Waals surface area (Å²) in [5, 5.41) is 13.4. The molecule has 0 saturated carbocycles. The Bertz CT molecular complexity index is 1010. The molecule has 2 aliphatic rings. The molecule has 2 aromatic rings. The second kappa shape index (κ2) is 8.66. The third-order valence-electron chi connectivity index (χ3n) is 6.04. The Kier molecular flexibility index (Phi) is 5.98. The molecule has 0 fully saturated rings. The van der Waals surface area contributed by atoms with Gasteiger partial charge in [0.05, 0.1) is 26.3 Å². The Hall–Kier alpha value is -2.56. The number of rotatable bonds is 5. The number of hydrogen-bond donors (Lipinski definition) is 1. The number of carbonyl (C=O) groups excluding carboxylic acids is 1. The largest absolute Gasteiger partial charge is 0.493 e. The molecule has 1 amide bonds. The van der Waals surface area contributed by atoms with E-state index in [4.69, 9.17) is 9.47 Å². The number of methoxy groups -OCH3 is 2. The van der Waals surface area contributed by atoms with E-state index in [1.807, 2.05) is 12.1 Å². The van der Waals surface area contributed by atoms with E-state index in [0.29, 0.717) is 35.3 Å². The van der Waals surface area contributed by atoms with Crippen molar-refractivity contribution in [1.29, 1.82) is 5.26 Å². The van der Waals surface area contributed by atoms with Crippen molar-refractivity contribution >= 4 is 22.2 Å². The third-order valence-corrected chi connectivity index (χ3v) is 7.21. The van der Waals surface area contributed by atoms with Gasteiger partial charge >= 0.3 is 0 Å². The summed E-state index contributed by atoms with van der Waals surface area (Å²) >= 11 is 1.57. The van der Waals surface area contributed by atoms with Crippen molar-refractivity contribution in [3.05, 3.63) is 39.3 Å². The van der Waals surface area contributed by atoms with Crippen LogP contribution in [-0.4, -0.2) is 38.1 Å². The third kappa shape index (κ3) is 4.03. The zero-order valence-electron chi connectivity index (χ0n) is 17.7. The van der Waals surface area contributed by atoms with Crippen molar-refractivity contribution in [3.63, 3.8) is 0 Å². The number of benzene rings is 1. The minimum Gasteiger partial charge on any atom is -0.493 e. The number of thiophene rings is 1. The zero-order chi connectivity index (χ0) is 21.3. The highest BCUT2D eigenvalue weighted by Gasteiger charge is 2.26. The maximum atomic E-state index is 12.8. The summed E-state index contributed by atoms with van der Waals surface area (Å²) in [5.41, 5.74) is 4.20. The molecule has 6 nitrogen and oxygen atoms in total. The van der Waals surface area contributed by atoms with Crippen molar-refractivity contribution in [2.24, 2.45) is 5.92 Å². The normalized spacial score (nSPS) is 18.1. The van der Waals surface area contributed by atoms with Crippen molar-refractivity contribution in [1.82, 2.24) is 4.90 Å². The average Bonchev–Trinajstić information content (AvgIpc) is 3.08. The van der Waals surface area contributed by atoms with Crippen LogP contribution in [0.25, 0.3) is 0 Å². The molecule has 2 heterocycles. The topological polar surface area (TPSA) is 74.6 Å². The lowest BCUT2D eigenvalue weighted by Gasteiger charge is -2.29. The van der Waals surface area contributed by atoms with Crippen LogP contribution < -0.4 is 14.8 Å². The molecule has 1 aromatic heterocycles. The van der Waals surface area contributed by atoms with E-state index < -0.39 is 0 Å². The van der Waals surface area contributed by atoms with Crippen molar-refractivity contribution in [3.8, 4) is 17.6 Å². The van der Waals surface area contributed by atoms with E-state index in [0.717, 1.165) is 49.1 Å². The highest BCUT2D eigenvalue weighted by atomic mass is 32.1. The maximum Gasteiger partial charge on any atom is 0.239 e. The van der Waals surface area contributed by atoms with Gasteiger partial charge in [-0.25, -0.2) is 0 Å². The number of amides is 1. The maximum absolute atomic E-state index is 12.8. The monoisotopic (exact) mass is 425 g/mol. The Morgan fingerprint density at radius 3 is 2.70 bits per heavy atom. The summed E-state index contributed by atoms with van der Waals surface area (Å²) in [6, 6.07) is 6.35. The van der Waals surface area contributed by atoms with Gasteiger partial charge in [-0.3, -0.25) is 9.69 Å². The van der Waals surface area contributed by atoms with Crippen molar-refractivity contribution < 1.29 is 14.3 Å². The van der Waals surface area contributed by atoms with E-state index in [-0.39, 0.29) is 5.91 Å². The summed E-state index contributed by atoms with van der Waals surface area (Å²) in [7, 11) is 3.27. The smallest absolute Gasteiger partial charge is 0.239 e. The molecular formula is C23H27N3O3S. The van der Waals surface area contributed by atoms with Gasteiger partial charge in [-0.1, -0.05) is 6.92 Å². The lowest BCUT2D eigenvalue weighted by Crippen LogP contribution is -2.37. The molecule has 30 heavy (non-hydrogen) atoms. The van der Waals surface area contributed by atoms with E-state index in [2.05, 4.69) is 23.2 Å². The van der Waals surface area contributed by atoms with Crippen LogP contribution in [0.3, 0.4) is 0 Å². The first-order chi connectivity index (χ1) is 14.5. The summed E-state index contributed by atoms with van der Waals surface area (Å²) < 4.78 is 10.8. The Morgan fingerprint density at radius 1 is 1.27 bits per heavy atom.